The van der Waals surface area contributed by atoms with Gasteiger partial charge in [-0.15, -0.1) is 0 Å². The first-order valence-corrected chi connectivity index (χ1v) is 7.10. The molecule has 1 aromatic carbocycles. The van der Waals surface area contributed by atoms with Gasteiger partial charge >= 0.3 is 0 Å². The minimum Gasteiger partial charge on any atom is -0.461 e. The molecular formula is C12H15NO3S. The average molecular weight is 253 g/mol. The highest BCUT2D eigenvalue weighted by atomic mass is 32.2. The van der Waals surface area contributed by atoms with Gasteiger partial charge < -0.3 is 4.42 Å². The highest BCUT2D eigenvalue weighted by Crippen LogP contribution is 2.23. The Morgan fingerprint density at radius 1 is 1.29 bits per heavy atom. The highest BCUT2D eigenvalue weighted by molar-refractivity contribution is 7.89. The molecule has 0 fully saturated rings. The zero-order chi connectivity index (χ0) is 12.5. The van der Waals surface area contributed by atoms with Gasteiger partial charge in [-0.1, -0.05) is 13.3 Å². The van der Waals surface area contributed by atoms with Crippen molar-refractivity contribution in [1.29, 1.82) is 0 Å². The third kappa shape index (κ3) is 2.68. The number of nitrogens with two attached hydrogens (primary N) is 1. The number of unbranched alkanes of at least 4 members (excludes halogenated alkanes) is 1. The van der Waals surface area contributed by atoms with Gasteiger partial charge in [0.15, 0.2) is 0 Å². The Hall–Kier alpha value is -1.33. The fraction of sp³-hybridized carbons (Fsp3) is 0.333. The van der Waals surface area contributed by atoms with Crippen molar-refractivity contribution >= 4 is 21.0 Å². The van der Waals surface area contributed by atoms with Gasteiger partial charge in [-0.05, 0) is 30.7 Å². The van der Waals surface area contributed by atoms with Crippen LogP contribution in [0.1, 0.15) is 25.5 Å². The molecule has 0 aliphatic carbocycles. The van der Waals surface area contributed by atoms with E-state index in [4.69, 9.17) is 9.56 Å². The van der Waals surface area contributed by atoms with E-state index in [1.165, 1.54) is 6.07 Å². The molecule has 1 aromatic heterocycles. The first-order valence-electron chi connectivity index (χ1n) is 5.56. The van der Waals surface area contributed by atoms with E-state index in [9.17, 15) is 8.42 Å². The summed E-state index contributed by atoms with van der Waals surface area (Å²) in [6.45, 7) is 2.11. The van der Waals surface area contributed by atoms with Gasteiger partial charge in [-0.25, -0.2) is 13.6 Å². The van der Waals surface area contributed by atoms with Crippen LogP contribution in [0.2, 0.25) is 0 Å². The molecule has 0 aliphatic heterocycles. The Morgan fingerprint density at radius 2 is 2.06 bits per heavy atom. The van der Waals surface area contributed by atoms with E-state index in [1.807, 2.05) is 6.07 Å². The fourth-order valence-electron chi connectivity index (χ4n) is 1.73. The van der Waals surface area contributed by atoms with Gasteiger partial charge in [0.1, 0.15) is 11.3 Å². The normalized spacial score (nSPS) is 12.1. The molecular weight excluding hydrogens is 238 g/mol. The smallest absolute Gasteiger partial charge is 0.238 e. The van der Waals surface area contributed by atoms with Gasteiger partial charge in [-0.3, -0.25) is 0 Å². The van der Waals surface area contributed by atoms with E-state index < -0.39 is 10.0 Å². The first kappa shape index (κ1) is 12.1. The van der Waals surface area contributed by atoms with E-state index in [-0.39, 0.29) is 4.90 Å². The van der Waals surface area contributed by atoms with Crippen LogP contribution in [-0.4, -0.2) is 8.42 Å². The molecule has 0 saturated heterocycles. The van der Waals surface area contributed by atoms with E-state index in [1.54, 1.807) is 12.1 Å². The number of fused-ring (bicyclic) bond motifs is 1. The summed E-state index contributed by atoms with van der Waals surface area (Å²) in [6.07, 6.45) is 3.03. The van der Waals surface area contributed by atoms with Crippen molar-refractivity contribution in [2.24, 2.45) is 5.14 Å². The van der Waals surface area contributed by atoms with Crippen LogP contribution < -0.4 is 5.14 Å². The SMILES string of the molecule is CCCCc1cc2cc(S(N)(=O)=O)ccc2o1. The predicted octanol–water partition coefficient (Wildman–Crippen LogP) is 2.42. The van der Waals surface area contributed by atoms with Crippen LogP contribution in [0.4, 0.5) is 0 Å². The third-order valence-electron chi connectivity index (χ3n) is 2.64. The lowest BCUT2D eigenvalue weighted by Gasteiger charge is -1.96. The molecule has 0 saturated carbocycles. The maximum atomic E-state index is 11.2. The monoisotopic (exact) mass is 253 g/mol. The molecule has 0 aliphatic rings. The van der Waals surface area contributed by atoms with Gasteiger partial charge in [-0.2, -0.15) is 0 Å². The van der Waals surface area contributed by atoms with Crippen LogP contribution in [-0.2, 0) is 16.4 Å². The molecule has 1 heterocycles. The molecule has 0 bridgehead atoms. The minimum absolute atomic E-state index is 0.118. The zero-order valence-corrected chi connectivity index (χ0v) is 10.5. The number of hydrogen-bond donors (Lipinski definition) is 1. The number of aryl methyl sites for hydroxylation is 1. The number of furan rings is 1. The number of rotatable bonds is 4. The molecule has 0 unspecified atom stereocenters. The topological polar surface area (TPSA) is 73.3 Å². The number of benzene rings is 1. The van der Waals surface area contributed by atoms with Crippen molar-refractivity contribution in [3.8, 4) is 0 Å². The largest absolute Gasteiger partial charge is 0.461 e. The summed E-state index contributed by atoms with van der Waals surface area (Å²) in [5, 5.41) is 5.86. The molecule has 0 atom stereocenters. The lowest BCUT2D eigenvalue weighted by molar-refractivity contribution is 0.536. The molecule has 17 heavy (non-hydrogen) atoms. The van der Waals surface area contributed by atoms with Crippen LogP contribution in [0.3, 0.4) is 0 Å². The summed E-state index contributed by atoms with van der Waals surface area (Å²) < 4.78 is 28.0. The molecule has 0 spiro atoms. The van der Waals surface area contributed by atoms with Crippen molar-refractivity contribution in [1.82, 2.24) is 0 Å². The summed E-state index contributed by atoms with van der Waals surface area (Å²) in [7, 11) is -3.64. The number of primary sulfonamides is 1. The van der Waals surface area contributed by atoms with E-state index in [2.05, 4.69) is 6.92 Å². The second-order valence-corrected chi connectivity index (χ2v) is 5.62. The number of hydrogen-bond acceptors (Lipinski definition) is 3. The van der Waals surface area contributed by atoms with Crippen molar-refractivity contribution in [3.63, 3.8) is 0 Å². The van der Waals surface area contributed by atoms with Gasteiger partial charge in [0.05, 0.1) is 4.90 Å². The van der Waals surface area contributed by atoms with E-state index >= 15 is 0 Å². The first-order chi connectivity index (χ1) is 8.00. The zero-order valence-electron chi connectivity index (χ0n) is 9.64. The van der Waals surface area contributed by atoms with E-state index in [0.717, 1.165) is 30.4 Å². The van der Waals surface area contributed by atoms with Gasteiger partial charge in [0.25, 0.3) is 0 Å². The summed E-state index contributed by atoms with van der Waals surface area (Å²) in [4.78, 5) is 0.118. The summed E-state index contributed by atoms with van der Waals surface area (Å²) in [5.74, 6) is 0.883. The molecule has 4 nitrogen and oxygen atoms in total. The lowest BCUT2D eigenvalue weighted by Crippen LogP contribution is -2.11. The molecule has 0 radical (unpaired) electrons. The summed E-state index contributed by atoms with van der Waals surface area (Å²) >= 11 is 0. The van der Waals surface area contributed by atoms with Gasteiger partial charge in [0.2, 0.25) is 10.0 Å². The van der Waals surface area contributed by atoms with E-state index in [0.29, 0.717) is 5.58 Å². The molecule has 2 N–H and O–H groups in total. The lowest BCUT2D eigenvalue weighted by atomic mass is 10.2. The molecule has 92 valence electrons. The second-order valence-electron chi connectivity index (χ2n) is 4.06. The van der Waals surface area contributed by atoms with Crippen molar-refractivity contribution in [2.45, 2.75) is 31.1 Å². The predicted molar refractivity (Wildman–Crippen MR) is 66.2 cm³/mol. The second kappa shape index (κ2) is 4.50. The Bertz CT molecular complexity index is 628. The van der Waals surface area contributed by atoms with Crippen LogP contribution in [0.5, 0.6) is 0 Å². The molecule has 2 aromatic rings. The Kier molecular flexibility index (Phi) is 3.22. The fourth-order valence-corrected chi connectivity index (χ4v) is 2.28. The average Bonchev–Trinajstić information content (AvgIpc) is 2.66. The van der Waals surface area contributed by atoms with Crippen molar-refractivity contribution in [2.75, 3.05) is 0 Å². The Labute approximate surface area is 100 Å². The Balaban J connectivity index is 2.41. The van der Waals surface area contributed by atoms with Crippen LogP contribution in [0.25, 0.3) is 11.0 Å². The minimum atomic E-state index is -3.64. The number of sulfonamides is 1. The summed E-state index contributed by atoms with van der Waals surface area (Å²) in [6, 6.07) is 6.53. The van der Waals surface area contributed by atoms with Gasteiger partial charge in [0, 0.05) is 11.8 Å². The molecule has 5 heteroatoms. The van der Waals surface area contributed by atoms with Crippen molar-refractivity contribution < 1.29 is 12.8 Å². The highest BCUT2D eigenvalue weighted by Gasteiger charge is 2.10. The quantitative estimate of drug-likeness (QED) is 0.909. The van der Waals surface area contributed by atoms with Crippen LogP contribution in [0.15, 0.2) is 33.6 Å². The third-order valence-corrected chi connectivity index (χ3v) is 3.56. The standard InChI is InChI=1S/C12H15NO3S/c1-2-3-4-10-7-9-8-11(17(13,14)15)5-6-12(9)16-10/h5-8H,2-4H2,1H3,(H2,13,14,15). The summed E-state index contributed by atoms with van der Waals surface area (Å²) in [5.41, 5.74) is 0.698. The maximum absolute atomic E-state index is 11.2. The van der Waals surface area contributed by atoms with Crippen molar-refractivity contribution in [3.05, 3.63) is 30.0 Å². The van der Waals surface area contributed by atoms with Crippen LogP contribution >= 0.6 is 0 Å². The molecule has 2 rings (SSSR count). The maximum Gasteiger partial charge on any atom is 0.238 e. The van der Waals surface area contributed by atoms with Crippen LogP contribution in [0, 0.1) is 0 Å². The molecule has 0 amide bonds. The Morgan fingerprint density at radius 3 is 2.71 bits per heavy atom.